The number of rotatable bonds is 9. The third kappa shape index (κ3) is 10.4. The normalized spacial score (nSPS) is 23.9. The highest BCUT2D eigenvalue weighted by Crippen LogP contribution is 2.48. The average Bonchev–Trinajstić information content (AvgIpc) is 4.18. The molecule has 7 N–H and O–H groups in total. The van der Waals surface area contributed by atoms with Crippen LogP contribution in [0.1, 0.15) is 137 Å². The molecule has 74 heavy (non-hydrogen) atoms. The second-order valence-electron chi connectivity index (χ2n) is 21.4. The lowest BCUT2D eigenvalue weighted by molar-refractivity contribution is -0.135. The van der Waals surface area contributed by atoms with Gasteiger partial charge in [-0.15, -0.1) is 0 Å². The zero-order valence-corrected chi connectivity index (χ0v) is 42.0. The van der Waals surface area contributed by atoms with E-state index in [1.807, 2.05) is 67.0 Å². The number of aryl methyl sites for hydroxylation is 3. The molecule has 4 heterocycles. The predicted molar refractivity (Wildman–Crippen MR) is 289 cm³/mol. The number of carbonyl (C=O) groups is 2. The molecule has 2 aromatic heterocycles. The van der Waals surface area contributed by atoms with Gasteiger partial charge in [-0.25, -0.2) is 0 Å². The molecule has 7 atom stereocenters. The molecule has 0 amide bonds. The number of aromatic amines is 2. The number of aromatic hydroxyl groups is 2. The van der Waals surface area contributed by atoms with E-state index in [-0.39, 0.29) is 72.8 Å². The third-order valence-electron chi connectivity index (χ3n) is 16.7. The Morgan fingerprint density at radius 3 is 2.43 bits per heavy atom. The largest absolute Gasteiger partial charge is 0.507 e. The van der Waals surface area contributed by atoms with Gasteiger partial charge < -0.3 is 40.4 Å². The molecule has 0 unspecified atom stereocenters. The first-order chi connectivity index (χ1) is 36.2. The Hall–Kier alpha value is -7.06. The highest BCUT2D eigenvalue weighted by Gasteiger charge is 2.44. The maximum atomic E-state index is 16.0. The van der Waals surface area contributed by atoms with Crippen LogP contribution in [0.25, 0.3) is 12.2 Å². The third-order valence-corrected chi connectivity index (χ3v) is 16.7. The summed E-state index contributed by atoms with van der Waals surface area (Å²) in [5, 5.41) is 49.9. The van der Waals surface area contributed by atoms with Gasteiger partial charge in [-0.2, -0.15) is 0 Å². The van der Waals surface area contributed by atoms with E-state index in [1.54, 1.807) is 6.07 Å². The van der Waals surface area contributed by atoms with Gasteiger partial charge in [0.25, 0.3) is 0 Å². The molecule has 3 aliphatic carbocycles. The highest BCUT2D eigenvalue weighted by molar-refractivity contribution is 6.05. The summed E-state index contributed by atoms with van der Waals surface area (Å²) < 4.78 is 6.56. The van der Waals surface area contributed by atoms with Gasteiger partial charge in [-0.3, -0.25) is 9.59 Å². The van der Waals surface area contributed by atoms with Crippen LogP contribution in [0, 0.1) is 29.6 Å². The first-order valence-corrected chi connectivity index (χ1v) is 27.0. The number of H-pyrrole nitrogens is 2. The van der Waals surface area contributed by atoms with Crippen molar-refractivity contribution < 1.29 is 34.8 Å². The van der Waals surface area contributed by atoms with Crippen LogP contribution in [0.15, 0.2) is 115 Å². The molecule has 10 heteroatoms. The molecule has 2 aliphatic heterocycles. The molecule has 0 spiro atoms. The molecule has 0 radical (unpaired) electrons. The number of aliphatic hydroxyl groups is 2. The van der Waals surface area contributed by atoms with Crippen molar-refractivity contribution in [2.75, 3.05) is 11.9 Å². The molecule has 5 aliphatic rings. The number of anilines is 1. The molecule has 11 rings (SSSR count). The summed E-state index contributed by atoms with van der Waals surface area (Å²) in [4.78, 5) is 37.9. The molecule has 6 aromatic rings. The van der Waals surface area contributed by atoms with Crippen molar-refractivity contribution in [2.45, 2.75) is 126 Å². The zero-order chi connectivity index (χ0) is 50.7. The monoisotopic (exact) mass is 989 g/mol. The Kier molecular flexibility index (Phi) is 14.5. The lowest BCUT2D eigenvalue weighted by Gasteiger charge is -2.37. The van der Waals surface area contributed by atoms with E-state index in [0.717, 1.165) is 107 Å². The fourth-order valence-electron chi connectivity index (χ4n) is 12.8. The first kappa shape index (κ1) is 49.2. The molecule has 380 valence electrons. The van der Waals surface area contributed by atoms with E-state index in [4.69, 9.17) is 4.74 Å². The Morgan fingerprint density at radius 1 is 0.743 bits per heavy atom. The minimum atomic E-state index is -1.11. The number of Topliss-reactive ketones (excluding diaryl/α,β-unsaturated/α-hetero) is 2. The van der Waals surface area contributed by atoms with E-state index in [9.17, 15) is 25.2 Å². The number of allylic oxidation sites excluding steroid dienone is 1. The first-order valence-electron chi connectivity index (χ1n) is 27.0. The second-order valence-corrected chi connectivity index (χ2v) is 21.4. The SMILES string of the molecule is O=C1CCc2cc(c(O)c(OC3CCCC3)c2)Cc2ccc3c(c2)Cc2cc[nH]c2N[C@H](C#CC[C@H](O)[C@@H]3CCc2ccccc2)C2=Cc3[nH]ccc3[C@@H](C[C@@H]3C=Cc4c(O)cccc4CC3)[C@@H]2C(=O)[C@@H]1CCO. The van der Waals surface area contributed by atoms with Crippen molar-refractivity contribution in [3.05, 3.63) is 176 Å². The maximum absolute atomic E-state index is 16.0. The fraction of sp³-hybridized carbons (Fsp3) is 0.375. The van der Waals surface area contributed by atoms with Gasteiger partial charge in [-0.05, 0) is 157 Å². The van der Waals surface area contributed by atoms with Crippen LogP contribution in [-0.2, 0) is 41.7 Å². The van der Waals surface area contributed by atoms with E-state index >= 15 is 4.79 Å². The Bertz CT molecular complexity index is 3150. The van der Waals surface area contributed by atoms with Crippen LogP contribution < -0.4 is 10.1 Å². The van der Waals surface area contributed by atoms with Crippen LogP contribution in [-0.4, -0.2) is 66.8 Å². The summed E-state index contributed by atoms with van der Waals surface area (Å²) >= 11 is 0. The number of phenolic OH excluding ortho intramolecular Hbond substituents is 2. The molecule has 1 fully saturated rings. The molecule has 0 saturated heterocycles. The Labute approximate surface area is 434 Å². The standard InChI is InChI=1S/C64H67N3O7/c68-31-28-52-59(71)25-20-42-34-46(62(72)60(36-42)74-47-11-4-5-12-47)33-41-19-22-48-45(32-41)37-44-26-29-66-64(44)67-55(13-7-15-58(70)51(48)24-17-39-8-2-1-3-9-39)54-38-56-50(27-30-65-56)53(61(54)63(52)73)35-40-16-21-43-10-6-14-57(69)49(43)23-18-40/h1-3,6,8-10,14,18-19,22-23,26-27,29-30,32,34,36,38,40,47,51-53,55,58,61,65-70,72H,4-5,11-12,15-17,20-21,24-25,28,31,33,35,37H2/t40-,51+,52+,53+,55+,58-,61-/m0/s1. The van der Waals surface area contributed by atoms with Crippen molar-refractivity contribution in [1.82, 2.24) is 9.97 Å². The minimum Gasteiger partial charge on any atom is -0.507 e. The van der Waals surface area contributed by atoms with Crippen LogP contribution in [0.2, 0.25) is 0 Å². The summed E-state index contributed by atoms with van der Waals surface area (Å²) in [5.41, 5.74) is 11.3. The van der Waals surface area contributed by atoms with Crippen LogP contribution in [0.4, 0.5) is 5.82 Å². The second kappa shape index (κ2) is 21.8. The van der Waals surface area contributed by atoms with Crippen molar-refractivity contribution >= 4 is 29.5 Å². The fourth-order valence-corrected chi connectivity index (χ4v) is 12.8. The molecule has 4 aromatic carbocycles. The minimum absolute atomic E-state index is 0.0152. The van der Waals surface area contributed by atoms with E-state index in [1.165, 1.54) is 5.56 Å². The van der Waals surface area contributed by atoms with E-state index < -0.39 is 24.0 Å². The quantitative estimate of drug-likeness (QED) is 0.0555. The van der Waals surface area contributed by atoms with Gasteiger partial charge >= 0.3 is 0 Å². The van der Waals surface area contributed by atoms with Crippen LogP contribution in [0.5, 0.6) is 17.2 Å². The van der Waals surface area contributed by atoms with Gasteiger partial charge in [0.1, 0.15) is 23.4 Å². The number of benzene rings is 4. The summed E-state index contributed by atoms with van der Waals surface area (Å²) in [7, 11) is 0. The van der Waals surface area contributed by atoms with Gasteiger partial charge in [0.2, 0.25) is 0 Å². The van der Waals surface area contributed by atoms with Gasteiger partial charge in [-0.1, -0.05) is 90.7 Å². The summed E-state index contributed by atoms with van der Waals surface area (Å²) in [6.45, 7) is -0.346. The molecule has 10 nitrogen and oxygen atoms in total. The summed E-state index contributed by atoms with van der Waals surface area (Å²) in [5.74, 6) is 5.46. The smallest absolute Gasteiger partial charge is 0.161 e. The number of ketones is 2. The van der Waals surface area contributed by atoms with Crippen LogP contribution in [0.3, 0.4) is 0 Å². The number of hydrogen-bond acceptors (Lipinski definition) is 8. The summed E-state index contributed by atoms with van der Waals surface area (Å²) in [6, 6.07) is 29.8. The number of fused-ring (bicyclic) bond motifs is 8. The molecular formula is C64H67N3O7. The highest BCUT2D eigenvalue weighted by atomic mass is 16.5. The number of nitrogens with one attached hydrogen (secondary N) is 3. The number of aliphatic hydroxyl groups excluding tert-OH is 2. The van der Waals surface area contributed by atoms with Crippen molar-refractivity contribution in [3.63, 3.8) is 0 Å². The van der Waals surface area contributed by atoms with Crippen LogP contribution >= 0.6 is 0 Å². The van der Waals surface area contributed by atoms with Crippen molar-refractivity contribution in [1.29, 1.82) is 0 Å². The maximum Gasteiger partial charge on any atom is 0.161 e. The number of phenols is 2. The Balaban J connectivity index is 1.07. The van der Waals surface area contributed by atoms with Crippen molar-refractivity contribution in [2.24, 2.45) is 17.8 Å². The molecule has 1 saturated carbocycles. The van der Waals surface area contributed by atoms with Gasteiger partial charge in [0, 0.05) is 79.3 Å². The zero-order valence-electron chi connectivity index (χ0n) is 42.0. The van der Waals surface area contributed by atoms with Gasteiger partial charge in [0.15, 0.2) is 17.3 Å². The average molecular weight is 990 g/mol. The number of ether oxygens (including phenoxy) is 1. The lowest BCUT2D eigenvalue weighted by Crippen LogP contribution is -2.41. The number of aromatic nitrogens is 2. The topological polar surface area (TPSA) is 168 Å². The van der Waals surface area contributed by atoms with Crippen molar-refractivity contribution in [3.8, 4) is 29.1 Å². The lowest BCUT2D eigenvalue weighted by atomic mass is 9.66. The van der Waals surface area contributed by atoms with E-state index in [0.29, 0.717) is 43.4 Å². The number of carbonyl (C=O) groups excluding carboxylic acids is 2. The molecular weight excluding hydrogens is 923 g/mol. The van der Waals surface area contributed by atoms with Gasteiger partial charge in [0.05, 0.1) is 18.1 Å². The summed E-state index contributed by atoms with van der Waals surface area (Å²) in [6.07, 6.45) is 18.2. The number of hydrogen-bond donors (Lipinski definition) is 7. The molecule has 5 bridgehead atoms. The predicted octanol–water partition coefficient (Wildman–Crippen LogP) is 11.1. The Morgan fingerprint density at radius 2 is 1.58 bits per heavy atom. The van der Waals surface area contributed by atoms with E-state index in [2.05, 4.69) is 75.7 Å².